The molecule has 0 atom stereocenters. The molecule has 192 valence electrons. The number of hydrogen-bond donors (Lipinski definition) is 2. The van der Waals surface area contributed by atoms with Crippen LogP contribution in [0.15, 0.2) is 48.7 Å². The largest absolute Gasteiger partial charge is 0.494 e. The van der Waals surface area contributed by atoms with Crippen LogP contribution in [0.5, 0.6) is 5.75 Å². The van der Waals surface area contributed by atoms with Crippen molar-refractivity contribution in [2.45, 2.75) is 19.3 Å². The summed E-state index contributed by atoms with van der Waals surface area (Å²) in [4.78, 5) is 19.3. The number of carbonyl (C=O) groups excluding carboxylic acids is 1. The summed E-state index contributed by atoms with van der Waals surface area (Å²) in [5, 5.41) is 6.53. The molecule has 9 heteroatoms. The number of anilines is 1. The quantitative estimate of drug-likeness (QED) is 0.484. The molecule has 1 amide bonds. The van der Waals surface area contributed by atoms with Crippen molar-refractivity contribution >= 4 is 23.5 Å². The Morgan fingerprint density at radius 3 is 2.76 bits per heavy atom. The van der Waals surface area contributed by atoms with Gasteiger partial charge in [-0.25, -0.2) is 9.37 Å². The molecule has 2 aliphatic rings. The number of nitrogens with zero attached hydrogens (tertiary/aromatic N) is 3. The van der Waals surface area contributed by atoms with E-state index in [0.29, 0.717) is 24.6 Å². The summed E-state index contributed by atoms with van der Waals surface area (Å²) in [6, 6.07) is 8.66. The first-order valence-electron chi connectivity index (χ1n) is 12.3. The van der Waals surface area contributed by atoms with Gasteiger partial charge >= 0.3 is 0 Å². The second kappa shape index (κ2) is 10.6. The summed E-state index contributed by atoms with van der Waals surface area (Å²) in [6.45, 7) is 2.12. The van der Waals surface area contributed by atoms with E-state index in [4.69, 9.17) is 4.74 Å². The molecule has 2 N–H and O–H groups in total. The number of fused-ring (bicyclic) bond motifs is 2. The Balaban J connectivity index is 1.45. The summed E-state index contributed by atoms with van der Waals surface area (Å²) in [5.41, 5.74) is 3.84. The highest BCUT2D eigenvalue weighted by Gasteiger charge is 2.25. The van der Waals surface area contributed by atoms with Gasteiger partial charge in [-0.2, -0.15) is 4.39 Å². The lowest BCUT2D eigenvalue weighted by atomic mass is 9.98. The van der Waals surface area contributed by atoms with E-state index in [1.807, 2.05) is 48.5 Å². The van der Waals surface area contributed by atoms with Crippen LogP contribution in [0.3, 0.4) is 0 Å². The van der Waals surface area contributed by atoms with Crippen LogP contribution >= 0.6 is 0 Å². The van der Waals surface area contributed by atoms with Gasteiger partial charge in [-0.1, -0.05) is 12.2 Å². The van der Waals surface area contributed by atoms with Gasteiger partial charge in [0.15, 0.2) is 17.4 Å². The second-order valence-corrected chi connectivity index (χ2v) is 9.00. The fourth-order valence-electron chi connectivity index (χ4n) is 4.73. The topological polar surface area (TPSA) is 71.4 Å². The van der Waals surface area contributed by atoms with Gasteiger partial charge in [-0.3, -0.25) is 9.36 Å². The summed E-state index contributed by atoms with van der Waals surface area (Å²) in [5.74, 6) is -1.55. The first-order valence-corrected chi connectivity index (χ1v) is 12.3. The summed E-state index contributed by atoms with van der Waals surface area (Å²) in [6.07, 6.45) is 9.74. The van der Waals surface area contributed by atoms with Gasteiger partial charge in [0.05, 0.1) is 24.7 Å². The lowest BCUT2D eigenvalue weighted by Gasteiger charge is -2.29. The number of amides is 1. The molecular formula is C28H29F2N5O2. The highest BCUT2D eigenvalue weighted by molar-refractivity contribution is 5.97. The van der Waals surface area contributed by atoms with Gasteiger partial charge in [0.25, 0.3) is 5.91 Å². The third-order valence-electron chi connectivity index (χ3n) is 6.70. The average molecular weight is 506 g/mol. The van der Waals surface area contributed by atoms with E-state index in [-0.39, 0.29) is 17.2 Å². The van der Waals surface area contributed by atoms with Gasteiger partial charge in [0, 0.05) is 42.6 Å². The first kappa shape index (κ1) is 24.7. The van der Waals surface area contributed by atoms with Crippen LogP contribution in [0.2, 0.25) is 0 Å². The van der Waals surface area contributed by atoms with Crippen molar-refractivity contribution in [1.82, 2.24) is 19.8 Å². The lowest BCUT2D eigenvalue weighted by Crippen LogP contribution is -2.41. The van der Waals surface area contributed by atoms with E-state index >= 15 is 0 Å². The lowest BCUT2D eigenvalue weighted by molar-refractivity contribution is 0.0742. The number of imidazole rings is 1. The van der Waals surface area contributed by atoms with Gasteiger partial charge in [-0.05, 0) is 62.2 Å². The smallest absolute Gasteiger partial charge is 0.254 e. The zero-order valence-electron chi connectivity index (χ0n) is 20.9. The molecule has 0 aliphatic carbocycles. The third-order valence-corrected chi connectivity index (χ3v) is 6.70. The Kier molecular flexibility index (Phi) is 7.05. The number of allylic oxidation sites excluding steroid dienone is 2. The van der Waals surface area contributed by atoms with Gasteiger partial charge in [0.2, 0.25) is 5.82 Å². The van der Waals surface area contributed by atoms with Crippen molar-refractivity contribution in [2.24, 2.45) is 0 Å². The minimum absolute atomic E-state index is 0.0484. The Bertz CT molecular complexity index is 1400. The van der Waals surface area contributed by atoms with Crippen LogP contribution in [0.1, 0.15) is 34.6 Å². The number of likely N-dealkylation sites (N-methyl/N-ethyl adjacent to an activating group) is 1. The van der Waals surface area contributed by atoms with Crippen molar-refractivity contribution < 1.29 is 18.3 Å². The van der Waals surface area contributed by atoms with E-state index in [1.54, 1.807) is 4.57 Å². The first-order chi connectivity index (χ1) is 18.0. The number of nitrogens with one attached hydrogen (secondary N) is 2. The number of halogens is 2. The highest BCUT2D eigenvalue weighted by atomic mass is 19.2. The standard InChI is InChI=1S/C28H29F2N5O2/c1-31-12-15-34-14-11-18-16-19(7-8-20(18)28(34)36)33-22-6-4-3-5-13-35-23(17-32-27(22)35)21-9-10-24(37-2)26(30)25(21)29/h5-10,13,16-17,31,33H,3-4,11-12,14-15H2,1-2H3/b13-5-,22-6+. The van der Waals surface area contributed by atoms with Crippen LogP contribution in [0.25, 0.3) is 23.2 Å². The number of carbonyl (C=O) groups is 1. The summed E-state index contributed by atoms with van der Waals surface area (Å²) >= 11 is 0. The Morgan fingerprint density at radius 2 is 1.95 bits per heavy atom. The van der Waals surface area contributed by atoms with Crippen LogP contribution in [0.4, 0.5) is 14.5 Å². The maximum Gasteiger partial charge on any atom is 0.254 e. The average Bonchev–Trinajstić information content (AvgIpc) is 3.30. The molecule has 0 saturated carbocycles. The maximum absolute atomic E-state index is 14.9. The Labute approximate surface area is 214 Å². The monoisotopic (exact) mass is 505 g/mol. The minimum Gasteiger partial charge on any atom is -0.494 e. The summed E-state index contributed by atoms with van der Waals surface area (Å²) < 4.78 is 36.0. The van der Waals surface area contributed by atoms with E-state index in [0.717, 1.165) is 48.3 Å². The minimum atomic E-state index is -1.03. The second-order valence-electron chi connectivity index (χ2n) is 9.00. The molecule has 37 heavy (non-hydrogen) atoms. The molecule has 7 nitrogen and oxygen atoms in total. The van der Waals surface area contributed by atoms with Crippen LogP contribution in [-0.4, -0.2) is 54.1 Å². The SMILES string of the molecule is CNCCN1CCc2cc(N/C3=C/CC/C=C\n4c(-c5ccc(OC)c(F)c5F)cnc43)ccc2C1=O. The Morgan fingerprint density at radius 1 is 1.11 bits per heavy atom. The number of hydrogen-bond acceptors (Lipinski definition) is 5. The molecular weight excluding hydrogens is 476 g/mol. The zero-order valence-corrected chi connectivity index (χ0v) is 20.9. The Hall–Kier alpha value is -3.98. The predicted octanol–water partition coefficient (Wildman–Crippen LogP) is 4.77. The fourth-order valence-corrected chi connectivity index (χ4v) is 4.73. The van der Waals surface area contributed by atoms with E-state index < -0.39 is 11.6 Å². The van der Waals surface area contributed by atoms with Gasteiger partial charge < -0.3 is 20.3 Å². The number of ether oxygens (including phenoxy) is 1. The molecule has 0 bridgehead atoms. The molecule has 0 spiro atoms. The van der Waals surface area contributed by atoms with Crippen LogP contribution < -0.4 is 15.4 Å². The molecule has 2 aromatic carbocycles. The number of benzene rings is 2. The molecule has 0 saturated heterocycles. The molecule has 0 unspecified atom stereocenters. The van der Waals surface area contributed by atoms with Crippen molar-refractivity contribution in [3.05, 3.63) is 77.3 Å². The molecule has 3 aromatic rings. The van der Waals surface area contributed by atoms with Gasteiger partial charge in [-0.15, -0.1) is 0 Å². The van der Waals surface area contributed by atoms with Crippen molar-refractivity contribution in [3.8, 4) is 17.0 Å². The van der Waals surface area contributed by atoms with E-state index in [9.17, 15) is 13.6 Å². The number of aromatic nitrogens is 2. The molecule has 1 aromatic heterocycles. The normalized spacial score (nSPS) is 17.2. The fraction of sp³-hybridized carbons (Fsp3) is 0.286. The molecule has 0 radical (unpaired) electrons. The van der Waals surface area contributed by atoms with Crippen molar-refractivity contribution in [1.29, 1.82) is 0 Å². The summed E-state index contributed by atoms with van der Waals surface area (Å²) in [7, 11) is 3.17. The van der Waals surface area contributed by atoms with Crippen LogP contribution in [0, 0.1) is 11.6 Å². The number of rotatable bonds is 7. The van der Waals surface area contributed by atoms with Crippen molar-refractivity contribution in [2.75, 3.05) is 39.1 Å². The highest BCUT2D eigenvalue weighted by Crippen LogP contribution is 2.33. The van der Waals surface area contributed by atoms with Gasteiger partial charge in [0.1, 0.15) is 0 Å². The third kappa shape index (κ3) is 4.74. The van der Waals surface area contributed by atoms with E-state index in [1.165, 1.54) is 25.4 Å². The molecule has 2 aliphatic heterocycles. The molecule has 5 rings (SSSR count). The van der Waals surface area contributed by atoms with E-state index in [2.05, 4.69) is 15.6 Å². The number of methoxy groups -OCH3 is 1. The zero-order chi connectivity index (χ0) is 25.9. The molecule has 0 fully saturated rings. The van der Waals surface area contributed by atoms with Crippen LogP contribution in [-0.2, 0) is 6.42 Å². The molecule has 3 heterocycles. The predicted molar refractivity (Wildman–Crippen MR) is 140 cm³/mol. The van der Waals surface area contributed by atoms with Crippen molar-refractivity contribution in [3.63, 3.8) is 0 Å². The maximum atomic E-state index is 14.9.